The standard InChI is InChI=1S/C47H87N2O6P/c1-3-5-7-9-11-13-15-17-19-20-21-22-23-24-25-26-27-29-31-33-35-37-39-41-47(51)49-45(44-55-56(52,53)54-43-42-48)46(50)40-38-36-34-32-30-28-18-16-14-12-10-8-6-4-2/h14-17,20-21,30,32,38,40,45-46,50H,3-13,18-19,22-29,31,33-37,39,41-44,48H2,1-2H3,(H,49,51)(H,52,53)/b16-14+,17-15-,21-20-,32-30+,40-38+. The van der Waals surface area contributed by atoms with E-state index in [2.05, 4.69) is 67.8 Å². The molecule has 0 spiro atoms. The van der Waals surface area contributed by atoms with Gasteiger partial charge in [-0.3, -0.25) is 13.8 Å². The summed E-state index contributed by atoms with van der Waals surface area (Å²) in [6.45, 7) is 4.07. The first-order valence-electron chi connectivity index (χ1n) is 22.9. The van der Waals surface area contributed by atoms with Crippen LogP contribution in [0.2, 0.25) is 0 Å². The Labute approximate surface area is 344 Å². The summed E-state index contributed by atoms with van der Waals surface area (Å²) in [5.41, 5.74) is 5.37. The van der Waals surface area contributed by atoms with Crippen molar-refractivity contribution in [3.8, 4) is 0 Å². The first-order valence-corrected chi connectivity index (χ1v) is 24.4. The van der Waals surface area contributed by atoms with Gasteiger partial charge in [-0.25, -0.2) is 4.57 Å². The van der Waals surface area contributed by atoms with Crippen molar-refractivity contribution in [3.63, 3.8) is 0 Å². The number of phosphoric acid groups is 1. The van der Waals surface area contributed by atoms with Crippen LogP contribution < -0.4 is 11.1 Å². The summed E-state index contributed by atoms with van der Waals surface area (Å²) < 4.78 is 22.1. The number of carbonyl (C=O) groups is 1. The summed E-state index contributed by atoms with van der Waals surface area (Å²) in [4.78, 5) is 22.7. The Morgan fingerprint density at radius 2 is 1.00 bits per heavy atom. The van der Waals surface area contributed by atoms with E-state index in [-0.39, 0.29) is 25.7 Å². The number of unbranched alkanes of at least 4 members (excludes halogenated alkanes) is 22. The first kappa shape index (κ1) is 54.2. The molecule has 0 bridgehead atoms. The molecule has 0 aromatic carbocycles. The molecule has 3 unspecified atom stereocenters. The number of carbonyl (C=O) groups excluding carboxylic acids is 1. The second-order valence-electron chi connectivity index (χ2n) is 15.2. The molecule has 0 radical (unpaired) electrons. The SMILES string of the molecule is CCCCCC/C=C/CC/C=C/CC/C=C/C(O)C(COP(=O)(O)OCCN)NC(=O)CCCCCCCCCCCCC/C=C\C/C=C\CCCCCCC. The summed E-state index contributed by atoms with van der Waals surface area (Å²) >= 11 is 0. The van der Waals surface area contributed by atoms with Crippen molar-refractivity contribution < 1.29 is 28.4 Å². The molecule has 1 amide bonds. The average Bonchev–Trinajstić information content (AvgIpc) is 3.19. The lowest BCUT2D eigenvalue weighted by Gasteiger charge is -2.23. The highest BCUT2D eigenvalue weighted by molar-refractivity contribution is 7.47. The van der Waals surface area contributed by atoms with Crippen LogP contribution in [0.5, 0.6) is 0 Å². The highest BCUT2D eigenvalue weighted by atomic mass is 31.2. The quantitative estimate of drug-likeness (QED) is 0.0274. The molecule has 0 saturated heterocycles. The zero-order valence-electron chi connectivity index (χ0n) is 36.1. The molecule has 0 rings (SSSR count). The monoisotopic (exact) mass is 807 g/mol. The highest BCUT2D eigenvalue weighted by Crippen LogP contribution is 2.43. The van der Waals surface area contributed by atoms with Crippen molar-refractivity contribution in [2.24, 2.45) is 5.73 Å². The van der Waals surface area contributed by atoms with Gasteiger partial charge in [0.1, 0.15) is 0 Å². The highest BCUT2D eigenvalue weighted by Gasteiger charge is 2.26. The lowest BCUT2D eigenvalue weighted by Crippen LogP contribution is -2.45. The molecule has 9 heteroatoms. The Morgan fingerprint density at radius 1 is 0.589 bits per heavy atom. The Hall–Kier alpha value is -1.80. The predicted molar refractivity (Wildman–Crippen MR) is 240 cm³/mol. The van der Waals surface area contributed by atoms with Crippen LogP contribution in [0, 0.1) is 0 Å². The van der Waals surface area contributed by atoms with Crippen LogP contribution in [-0.2, 0) is 18.4 Å². The minimum absolute atomic E-state index is 0.0695. The number of aliphatic hydroxyl groups is 1. The second-order valence-corrected chi connectivity index (χ2v) is 16.7. The third-order valence-electron chi connectivity index (χ3n) is 9.79. The van der Waals surface area contributed by atoms with Crippen LogP contribution in [-0.4, -0.2) is 47.8 Å². The van der Waals surface area contributed by atoms with Crippen LogP contribution in [0.3, 0.4) is 0 Å². The zero-order valence-corrected chi connectivity index (χ0v) is 37.0. The maximum absolute atomic E-state index is 12.8. The number of rotatable bonds is 42. The fourth-order valence-corrected chi connectivity index (χ4v) is 7.07. The molecule has 8 nitrogen and oxygen atoms in total. The van der Waals surface area contributed by atoms with E-state index < -0.39 is 20.0 Å². The van der Waals surface area contributed by atoms with Crippen LogP contribution >= 0.6 is 7.82 Å². The van der Waals surface area contributed by atoms with Crippen molar-refractivity contribution in [2.45, 2.75) is 212 Å². The van der Waals surface area contributed by atoms with E-state index >= 15 is 0 Å². The minimum atomic E-state index is -4.35. The Bertz CT molecular complexity index is 1060. The molecular weight excluding hydrogens is 719 g/mol. The van der Waals surface area contributed by atoms with Gasteiger partial charge < -0.3 is 21.1 Å². The number of nitrogens with one attached hydrogen (secondary N) is 1. The van der Waals surface area contributed by atoms with Crippen LogP contribution in [0.1, 0.15) is 200 Å². The molecule has 0 saturated carbocycles. The van der Waals surface area contributed by atoms with Gasteiger partial charge in [-0.05, 0) is 77.0 Å². The smallest absolute Gasteiger partial charge is 0.387 e. The summed E-state index contributed by atoms with van der Waals surface area (Å²) in [6.07, 6.45) is 54.2. The summed E-state index contributed by atoms with van der Waals surface area (Å²) in [7, 11) is -4.35. The van der Waals surface area contributed by atoms with E-state index in [0.717, 1.165) is 57.8 Å². The fraction of sp³-hybridized carbons (Fsp3) is 0.766. The first-order chi connectivity index (χ1) is 27.4. The maximum Gasteiger partial charge on any atom is 0.472 e. The molecule has 326 valence electrons. The van der Waals surface area contributed by atoms with Gasteiger partial charge in [0, 0.05) is 13.0 Å². The number of nitrogens with two attached hydrogens (primary N) is 1. The summed E-state index contributed by atoms with van der Waals surface area (Å²) in [5, 5.41) is 13.6. The lowest BCUT2D eigenvalue weighted by atomic mass is 10.0. The van der Waals surface area contributed by atoms with Crippen molar-refractivity contribution in [3.05, 3.63) is 60.8 Å². The van der Waals surface area contributed by atoms with Crippen molar-refractivity contribution in [1.29, 1.82) is 0 Å². The van der Waals surface area contributed by atoms with Crippen molar-refractivity contribution in [1.82, 2.24) is 5.32 Å². The van der Waals surface area contributed by atoms with E-state index in [9.17, 15) is 19.4 Å². The molecule has 3 atom stereocenters. The zero-order chi connectivity index (χ0) is 41.1. The Balaban J connectivity index is 4.18. The summed E-state index contributed by atoms with van der Waals surface area (Å²) in [5.74, 6) is -0.213. The predicted octanol–water partition coefficient (Wildman–Crippen LogP) is 13.1. The van der Waals surface area contributed by atoms with E-state index in [1.807, 2.05) is 6.08 Å². The molecular formula is C47H87N2O6P. The molecule has 56 heavy (non-hydrogen) atoms. The Morgan fingerprint density at radius 3 is 1.50 bits per heavy atom. The number of amides is 1. The van der Waals surface area contributed by atoms with E-state index in [0.29, 0.717) is 6.42 Å². The van der Waals surface area contributed by atoms with Gasteiger partial charge in [-0.2, -0.15) is 0 Å². The average molecular weight is 807 g/mol. The molecule has 0 fully saturated rings. The minimum Gasteiger partial charge on any atom is -0.387 e. The van der Waals surface area contributed by atoms with E-state index in [4.69, 9.17) is 14.8 Å². The van der Waals surface area contributed by atoms with Gasteiger partial charge in [0.25, 0.3) is 0 Å². The third-order valence-corrected chi connectivity index (χ3v) is 10.8. The van der Waals surface area contributed by atoms with Gasteiger partial charge in [0.05, 0.1) is 25.4 Å². The number of hydrogen-bond donors (Lipinski definition) is 4. The molecule has 0 heterocycles. The fourth-order valence-electron chi connectivity index (χ4n) is 6.31. The van der Waals surface area contributed by atoms with Gasteiger partial charge >= 0.3 is 7.82 Å². The van der Waals surface area contributed by atoms with Gasteiger partial charge in [0.15, 0.2) is 0 Å². The molecule has 5 N–H and O–H groups in total. The molecule has 0 aliphatic heterocycles. The van der Waals surface area contributed by atoms with E-state index in [1.165, 1.54) is 122 Å². The molecule has 0 aromatic heterocycles. The topological polar surface area (TPSA) is 131 Å². The number of hydrogen-bond acceptors (Lipinski definition) is 6. The Kier molecular flexibility index (Phi) is 41.4. The lowest BCUT2D eigenvalue weighted by molar-refractivity contribution is -0.123. The third kappa shape index (κ3) is 40.4. The van der Waals surface area contributed by atoms with Crippen molar-refractivity contribution in [2.75, 3.05) is 19.8 Å². The van der Waals surface area contributed by atoms with Crippen LogP contribution in [0.15, 0.2) is 60.8 Å². The van der Waals surface area contributed by atoms with Gasteiger partial charge in [-0.15, -0.1) is 0 Å². The van der Waals surface area contributed by atoms with Gasteiger partial charge in [-0.1, -0.05) is 177 Å². The number of phosphoric ester groups is 1. The number of aliphatic hydroxyl groups excluding tert-OH is 1. The van der Waals surface area contributed by atoms with Crippen molar-refractivity contribution >= 4 is 13.7 Å². The number of allylic oxidation sites excluding steroid dienone is 9. The summed E-state index contributed by atoms with van der Waals surface area (Å²) in [6, 6.07) is -0.886. The molecule has 0 aliphatic rings. The molecule has 0 aliphatic carbocycles. The van der Waals surface area contributed by atoms with E-state index in [1.54, 1.807) is 6.08 Å². The largest absolute Gasteiger partial charge is 0.472 e. The van der Waals surface area contributed by atoms with Crippen LogP contribution in [0.25, 0.3) is 0 Å². The second kappa shape index (κ2) is 42.8. The van der Waals surface area contributed by atoms with Crippen LogP contribution in [0.4, 0.5) is 0 Å². The maximum atomic E-state index is 12.8. The van der Waals surface area contributed by atoms with Gasteiger partial charge in [0.2, 0.25) is 5.91 Å². The normalized spacial score (nSPS) is 14.6. The molecule has 0 aromatic rings.